The van der Waals surface area contributed by atoms with E-state index in [2.05, 4.69) is 15.5 Å². The number of carbonyl (C=O) groups excluding carboxylic acids is 4. The third-order valence-electron chi connectivity index (χ3n) is 5.42. The van der Waals surface area contributed by atoms with E-state index in [0.717, 1.165) is 11.3 Å². The number of aromatic nitrogens is 1. The molecule has 1 saturated heterocycles. The van der Waals surface area contributed by atoms with Gasteiger partial charge in [-0.2, -0.15) is 0 Å². The van der Waals surface area contributed by atoms with Crippen LogP contribution in [0.25, 0.3) is 0 Å². The highest BCUT2D eigenvalue weighted by atomic mass is 32.2. The van der Waals surface area contributed by atoms with Gasteiger partial charge in [-0.05, 0) is 18.9 Å². The molecule has 16 heteroatoms. The van der Waals surface area contributed by atoms with E-state index >= 15 is 0 Å². The average molecular weight is 572 g/mol. The molecule has 3 N–H and O–H groups in total. The maximum atomic E-state index is 13.1. The van der Waals surface area contributed by atoms with Gasteiger partial charge < -0.3 is 34.8 Å². The number of nitrogens with zero attached hydrogens (tertiary/aromatic N) is 3. The summed E-state index contributed by atoms with van der Waals surface area (Å²) in [6.07, 6.45) is -2.05. The predicted molar refractivity (Wildman–Crippen MR) is 137 cm³/mol. The Morgan fingerprint density at radius 3 is 2.61 bits per heavy atom. The van der Waals surface area contributed by atoms with Crippen molar-refractivity contribution in [3.63, 3.8) is 0 Å². The van der Waals surface area contributed by atoms with E-state index in [9.17, 15) is 19.2 Å². The van der Waals surface area contributed by atoms with E-state index in [4.69, 9.17) is 29.5 Å². The molecular weight excluding hydrogens is 542 g/mol. The van der Waals surface area contributed by atoms with Crippen LogP contribution in [0.1, 0.15) is 32.9 Å². The van der Waals surface area contributed by atoms with Crippen molar-refractivity contribution in [2.24, 2.45) is 5.16 Å². The van der Waals surface area contributed by atoms with Gasteiger partial charge in [-0.3, -0.25) is 14.5 Å². The number of hydrogen-bond donors (Lipinski definition) is 2. The van der Waals surface area contributed by atoms with Crippen LogP contribution in [-0.2, 0) is 38.2 Å². The Bertz CT molecular complexity index is 1140. The number of thioether (sulfide) groups is 1. The molecule has 4 atom stereocenters. The van der Waals surface area contributed by atoms with Crippen LogP contribution in [0, 0.1) is 0 Å². The number of ether oxygens (including phenoxy) is 4. The SMILES string of the molecule is CCC(C)OC(=O)OC(C)OC(=O)C1=C(COC)CS[C@@H]2C(NC(=O)C(=NOC)c3csc(N)n3)C(=O)N12. The minimum atomic E-state index is -1.28. The lowest BCUT2D eigenvalue weighted by Gasteiger charge is -2.49. The fraction of sp³-hybridized carbons (Fsp3) is 0.545. The highest BCUT2D eigenvalue weighted by Crippen LogP contribution is 2.41. The zero-order valence-corrected chi connectivity index (χ0v) is 23.1. The Kier molecular flexibility index (Phi) is 9.93. The Hall–Kier alpha value is -3.37. The van der Waals surface area contributed by atoms with Gasteiger partial charge in [-0.15, -0.1) is 23.1 Å². The molecule has 1 aromatic rings. The van der Waals surface area contributed by atoms with Gasteiger partial charge >= 0.3 is 12.1 Å². The summed E-state index contributed by atoms with van der Waals surface area (Å²) in [7, 11) is 2.72. The molecule has 208 valence electrons. The fourth-order valence-corrected chi connectivity index (χ4v) is 5.38. The highest BCUT2D eigenvalue weighted by molar-refractivity contribution is 8.00. The summed E-state index contributed by atoms with van der Waals surface area (Å²) in [4.78, 5) is 61.1. The molecule has 2 aliphatic rings. The number of nitrogen functional groups attached to an aromatic ring is 1. The number of anilines is 1. The molecule has 38 heavy (non-hydrogen) atoms. The van der Waals surface area contributed by atoms with Gasteiger partial charge in [0.25, 0.3) is 11.8 Å². The van der Waals surface area contributed by atoms with Crippen LogP contribution in [0.2, 0.25) is 0 Å². The maximum absolute atomic E-state index is 13.1. The van der Waals surface area contributed by atoms with E-state index < -0.39 is 41.6 Å². The van der Waals surface area contributed by atoms with Gasteiger partial charge in [0.1, 0.15) is 36.0 Å². The molecule has 2 amide bonds. The Labute approximate surface area is 226 Å². The lowest BCUT2D eigenvalue weighted by Crippen LogP contribution is -2.71. The molecule has 1 aromatic heterocycles. The van der Waals surface area contributed by atoms with Crippen molar-refractivity contribution in [2.75, 3.05) is 32.3 Å². The quantitative estimate of drug-likeness (QED) is 0.128. The van der Waals surface area contributed by atoms with Gasteiger partial charge in [0, 0.05) is 25.2 Å². The van der Waals surface area contributed by atoms with Gasteiger partial charge in [-0.1, -0.05) is 12.1 Å². The lowest BCUT2D eigenvalue weighted by molar-refractivity contribution is -0.169. The van der Waals surface area contributed by atoms with Gasteiger partial charge in [0.05, 0.1) is 6.61 Å². The predicted octanol–water partition coefficient (Wildman–Crippen LogP) is 1.22. The first-order valence-corrected chi connectivity index (χ1v) is 13.4. The van der Waals surface area contributed by atoms with Crippen LogP contribution in [-0.4, -0.2) is 89.9 Å². The number of fused-ring (bicyclic) bond motifs is 1. The largest absolute Gasteiger partial charge is 0.511 e. The standard InChI is InChI=1S/C22H29N5O9S2/c1-6-10(2)34-22(31)36-11(3)35-20(30)16-12(7-32-4)8-37-19-15(18(29)27(16)19)25-17(28)14(26-33-5)13-9-38-21(23)24-13/h9-11,15,19H,6-8H2,1-5H3,(H2,23,24)(H,25,28)/t10?,11?,15?,19-/m1/s1. The maximum Gasteiger partial charge on any atom is 0.511 e. The van der Waals surface area contributed by atoms with Crippen molar-refractivity contribution in [3.8, 4) is 0 Å². The summed E-state index contributed by atoms with van der Waals surface area (Å²) >= 11 is 2.45. The molecule has 3 unspecified atom stereocenters. The number of oxime groups is 1. The Morgan fingerprint density at radius 1 is 1.26 bits per heavy atom. The number of hydrogen-bond acceptors (Lipinski definition) is 14. The second-order valence-electron chi connectivity index (χ2n) is 8.12. The van der Waals surface area contributed by atoms with Crippen molar-refractivity contribution in [2.45, 2.75) is 51.0 Å². The monoisotopic (exact) mass is 571 g/mol. The topological polar surface area (TPSA) is 181 Å². The number of nitrogens with one attached hydrogen (secondary N) is 1. The fourth-order valence-electron chi connectivity index (χ4n) is 3.50. The number of methoxy groups -OCH3 is 1. The molecule has 2 aliphatic heterocycles. The van der Waals surface area contributed by atoms with E-state index in [1.54, 1.807) is 6.92 Å². The Balaban J connectivity index is 1.72. The van der Waals surface area contributed by atoms with Crippen LogP contribution in [0.4, 0.5) is 9.93 Å². The van der Waals surface area contributed by atoms with Gasteiger partial charge in [0.15, 0.2) is 10.8 Å². The van der Waals surface area contributed by atoms with Crippen LogP contribution in [0.3, 0.4) is 0 Å². The summed E-state index contributed by atoms with van der Waals surface area (Å²) in [5.41, 5.74) is 6.16. The molecule has 3 rings (SSSR count). The second kappa shape index (κ2) is 12.9. The third kappa shape index (κ3) is 6.54. The number of carbonyl (C=O) groups is 4. The van der Waals surface area contributed by atoms with Crippen LogP contribution < -0.4 is 11.1 Å². The van der Waals surface area contributed by atoms with E-state index in [1.807, 2.05) is 6.92 Å². The molecule has 0 radical (unpaired) electrons. The minimum Gasteiger partial charge on any atom is -0.431 e. The molecule has 14 nitrogen and oxygen atoms in total. The first kappa shape index (κ1) is 29.2. The number of nitrogens with two attached hydrogens (primary N) is 1. The van der Waals surface area contributed by atoms with Crippen molar-refractivity contribution in [1.29, 1.82) is 0 Å². The zero-order valence-electron chi connectivity index (χ0n) is 21.4. The summed E-state index contributed by atoms with van der Waals surface area (Å²) < 4.78 is 20.5. The number of rotatable bonds is 11. The van der Waals surface area contributed by atoms with E-state index in [-0.39, 0.29) is 34.9 Å². The molecule has 0 spiro atoms. The summed E-state index contributed by atoms with van der Waals surface area (Å²) in [6, 6.07) is -0.961. The number of esters is 1. The van der Waals surface area contributed by atoms with Crippen LogP contribution in [0.5, 0.6) is 0 Å². The summed E-state index contributed by atoms with van der Waals surface area (Å²) in [5, 5.41) is 7.50. The van der Waals surface area contributed by atoms with E-state index in [0.29, 0.717) is 17.7 Å². The van der Waals surface area contributed by atoms with Crippen LogP contribution in [0.15, 0.2) is 21.8 Å². The molecular formula is C22H29N5O9S2. The molecule has 0 aliphatic carbocycles. The van der Waals surface area contributed by atoms with Crippen molar-refractivity contribution >= 4 is 57.9 Å². The number of β-lactam (4-membered cyclic amide) rings is 1. The smallest absolute Gasteiger partial charge is 0.431 e. The average Bonchev–Trinajstić information content (AvgIpc) is 3.30. The Morgan fingerprint density at radius 2 is 2.00 bits per heavy atom. The molecule has 0 saturated carbocycles. The number of thiazole rings is 1. The molecule has 0 bridgehead atoms. The highest BCUT2D eigenvalue weighted by Gasteiger charge is 2.55. The normalized spacial score (nSPS) is 20.6. The first-order chi connectivity index (χ1) is 18.1. The molecule has 0 aromatic carbocycles. The number of amides is 2. The van der Waals surface area contributed by atoms with Crippen molar-refractivity contribution < 1.29 is 43.0 Å². The van der Waals surface area contributed by atoms with Crippen LogP contribution >= 0.6 is 23.1 Å². The lowest BCUT2D eigenvalue weighted by atomic mass is 10.0. The second-order valence-corrected chi connectivity index (χ2v) is 10.1. The summed E-state index contributed by atoms with van der Waals surface area (Å²) in [5.74, 6) is -1.81. The minimum absolute atomic E-state index is 0.0325. The van der Waals surface area contributed by atoms with E-state index in [1.165, 1.54) is 43.2 Å². The molecule has 3 heterocycles. The summed E-state index contributed by atoms with van der Waals surface area (Å²) in [6.45, 7) is 4.94. The first-order valence-electron chi connectivity index (χ1n) is 11.5. The third-order valence-corrected chi connectivity index (χ3v) is 7.43. The zero-order chi connectivity index (χ0) is 28.0. The molecule has 1 fully saturated rings. The van der Waals surface area contributed by atoms with Gasteiger partial charge in [0.2, 0.25) is 6.29 Å². The van der Waals surface area contributed by atoms with Gasteiger partial charge in [-0.25, -0.2) is 14.6 Å². The van der Waals surface area contributed by atoms with Crippen molar-refractivity contribution in [1.82, 2.24) is 15.2 Å². The van der Waals surface area contributed by atoms with Crippen molar-refractivity contribution in [3.05, 3.63) is 22.3 Å².